The predicted molar refractivity (Wildman–Crippen MR) is 87.4 cm³/mol. The van der Waals surface area contributed by atoms with Crippen molar-refractivity contribution in [2.24, 2.45) is 0 Å². The number of sulfonamides is 1. The van der Waals surface area contributed by atoms with Gasteiger partial charge in [-0.05, 0) is 31.5 Å². The summed E-state index contributed by atoms with van der Waals surface area (Å²) in [4.78, 5) is 11.6. The molecule has 0 aliphatic rings. The topological polar surface area (TPSA) is 98.5 Å². The molecular weight excluding hydrogens is 379 g/mol. The van der Waals surface area contributed by atoms with Crippen LogP contribution in [-0.4, -0.2) is 26.1 Å². The number of nitrogens with zero attached hydrogens (tertiary/aromatic N) is 1. The van der Waals surface area contributed by atoms with E-state index in [4.69, 9.17) is 32.5 Å². The lowest BCUT2D eigenvalue weighted by molar-refractivity contribution is -0.143. The number of aromatic nitrogens is 1. The maximum absolute atomic E-state index is 12.1. The maximum Gasteiger partial charge on any atom is 0.321 e. The highest BCUT2D eigenvalue weighted by atomic mass is 35.5. The molecule has 1 N–H and O–H groups in total. The molecule has 2 aromatic rings. The van der Waals surface area contributed by atoms with Gasteiger partial charge in [-0.15, -0.1) is 0 Å². The van der Waals surface area contributed by atoms with E-state index in [1.165, 1.54) is 13.8 Å². The second-order valence-corrected chi connectivity index (χ2v) is 7.41. The predicted octanol–water partition coefficient (Wildman–Crippen LogP) is 2.62. The Kier molecular flexibility index (Phi) is 5.87. The zero-order valence-electron chi connectivity index (χ0n) is 12.8. The van der Waals surface area contributed by atoms with Crippen molar-refractivity contribution in [3.05, 3.63) is 45.3 Å². The minimum Gasteiger partial charge on any atom is -0.460 e. The van der Waals surface area contributed by atoms with Gasteiger partial charge in [0.05, 0.1) is 10.0 Å². The van der Waals surface area contributed by atoms with Crippen LogP contribution in [0.1, 0.15) is 17.0 Å². The molecule has 24 heavy (non-hydrogen) atoms. The van der Waals surface area contributed by atoms with Crippen LogP contribution in [0.2, 0.25) is 10.0 Å². The van der Waals surface area contributed by atoms with Gasteiger partial charge >= 0.3 is 5.97 Å². The Hall–Kier alpha value is -1.61. The molecule has 0 bridgehead atoms. The van der Waals surface area contributed by atoms with Gasteiger partial charge in [0.2, 0.25) is 10.0 Å². The lowest BCUT2D eigenvalue weighted by Crippen LogP contribution is -2.31. The fourth-order valence-electron chi connectivity index (χ4n) is 1.93. The first-order valence-corrected chi connectivity index (χ1v) is 8.96. The van der Waals surface area contributed by atoms with Gasteiger partial charge in [-0.1, -0.05) is 34.4 Å². The Morgan fingerprint density at radius 2 is 2.00 bits per heavy atom. The summed E-state index contributed by atoms with van der Waals surface area (Å²) in [6.07, 6.45) is 0. The molecule has 0 saturated carbocycles. The Morgan fingerprint density at radius 3 is 2.58 bits per heavy atom. The van der Waals surface area contributed by atoms with E-state index in [-0.39, 0.29) is 23.0 Å². The first-order chi connectivity index (χ1) is 11.2. The molecule has 0 unspecified atom stereocenters. The summed E-state index contributed by atoms with van der Waals surface area (Å²) in [5.41, 5.74) is 0.843. The van der Waals surface area contributed by atoms with Crippen LogP contribution >= 0.6 is 23.2 Å². The normalized spacial score (nSPS) is 11.5. The Bertz CT molecular complexity index is 845. The molecule has 0 spiro atoms. The standard InChI is InChI=1S/C14H14Cl2N2O5S/c1-8-14(9(2)23-18-8)24(20,21)17-6-13(19)22-7-10-3-4-11(15)12(16)5-10/h3-5,17H,6-7H2,1-2H3. The molecule has 0 amide bonds. The third kappa shape index (κ3) is 4.47. The minimum absolute atomic E-state index is 0.0528. The van der Waals surface area contributed by atoms with Crippen molar-refractivity contribution < 1.29 is 22.5 Å². The summed E-state index contributed by atoms with van der Waals surface area (Å²) in [6, 6.07) is 4.79. The van der Waals surface area contributed by atoms with Crippen molar-refractivity contribution in [1.82, 2.24) is 9.88 Å². The number of benzene rings is 1. The summed E-state index contributed by atoms with van der Waals surface area (Å²) in [5.74, 6) is -0.597. The molecule has 0 atom stereocenters. The maximum atomic E-state index is 12.1. The number of rotatable bonds is 6. The monoisotopic (exact) mass is 392 g/mol. The van der Waals surface area contributed by atoms with E-state index in [9.17, 15) is 13.2 Å². The van der Waals surface area contributed by atoms with Crippen LogP contribution in [0.25, 0.3) is 0 Å². The fourth-order valence-corrected chi connectivity index (χ4v) is 3.54. The number of carbonyl (C=O) groups excluding carboxylic acids is 1. The van der Waals surface area contributed by atoms with Crippen LogP contribution in [0.5, 0.6) is 0 Å². The molecule has 10 heteroatoms. The molecule has 2 rings (SSSR count). The van der Waals surface area contributed by atoms with E-state index in [0.29, 0.717) is 15.6 Å². The largest absolute Gasteiger partial charge is 0.460 e. The fraction of sp³-hybridized carbons (Fsp3) is 0.286. The highest BCUT2D eigenvalue weighted by Gasteiger charge is 2.24. The van der Waals surface area contributed by atoms with E-state index in [2.05, 4.69) is 9.88 Å². The van der Waals surface area contributed by atoms with E-state index >= 15 is 0 Å². The van der Waals surface area contributed by atoms with Crippen LogP contribution in [-0.2, 0) is 26.2 Å². The number of carbonyl (C=O) groups is 1. The molecule has 130 valence electrons. The Morgan fingerprint density at radius 1 is 1.29 bits per heavy atom. The number of esters is 1. The molecule has 1 aromatic heterocycles. The van der Waals surface area contributed by atoms with Crippen LogP contribution in [0, 0.1) is 13.8 Å². The third-order valence-corrected chi connectivity index (χ3v) is 5.41. The summed E-state index contributed by atoms with van der Waals surface area (Å²) >= 11 is 11.6. The number of nitrogens with one attached hydrogen (secondary N) is 1. The first-order valence-electron chi connectivity index (χ1n) is 6.73. The van der Waals surface area contributed by atoms with Gasteiger partial charge in [-0.2, -0.15) is 4.72 Å². The zero-order chi connectivity index (χ0) is 17.9. The van der Waals surface area contributed by atoms with Crippen LogP contribution < -0.4 is 4.72 Å². The van der Waals surface area contributed by atoms with Gasteiger partial charge < -0.3 is 9.26 Å². The molecule has 1 aromatic carbocycles. The van der Waals surface area contributed by atoms with Gasteiger partial charge in [0, 0.05) is 0 Å². The van der Waals surface area contributed by atoms with Crippen molar-refractivity contribution in [2.45, 2.75) is 25.3 Å². The first kappa shape index (κ1) is 18.7. The van der Waals surface area contributed by atoms with Crippen LogP contribution in [0.4, 0.5) is 0 Å². The third-order valence-electron chi connectivity index (χ3n) is 3.03. The number of ether oxygens (including phenoxy) is 1. The second kappa shape index (κ2) is 7.52. The molecule has 7 nitrogen and oxygen atoms in total. The summed E-state index contributed by atoms with van der Waals surface area (Å²) in [6.45, 7) is 2.39. The van der Waals surface area contributed by atoms with Crippen molar-refractivity contribution in [1.29, 1.82) is 0 Å². The quantitative estimate of drug-likeness (QED) is 0.758. The smallest absolute Gasteiger partial charge is 0.321 e. The van der Waals surface area contributed by atoms with Crippen LogP contribution in [0.3, 0.4) is 0 Å². The van der Waals surface area contributed by atoms with Crippen molar-refractivity contribution >= 4 is 39.2 Å². The molecule has 0 fully saturated rings. The summed E-state index contributed by atoms with van der Waals surface area (Å²) in [5, 5.41) is 4.29. The Labute approximate surface area is 148 Å². The second-order valence-electron chi connectivity index (χ2n) is 4.89. The van der Waals surface area contributed by atoms with E-state index in [1.54, 1.807) is 18.2 Å². The number of hydrogen-bond donors (Lipinski definition) is 1. The van der Waals surface area contributed by atoms with E-state index in [1.807, 2.05) is 0 Å². The number of aryl methyl sites for hydroxylation is 2. The van der Waals surface area contributed by atoms with E-state index < -0.39 is 22.5 Å². The average molecular weight is 393 g/mol. The van der Waals surface area contributed by atoms with Crippen molar-refractivity contribution in [2.75, 3.05) is 6.54 Å². The Balaban J connectivity index is 1.92. The summed E-state index contributed by atoms with van der Waals surface area (Å²) < 4.78 is 36.2. The van der Waals surface area contributed by atoms with Gasteiger partial charge in [-0.3, -0.25) is 4.79 Å². The lowest BCUT2D eigenvalue weighted by atomic mass is 10.2. The average Bonchev–Trinajstić information content (AvgIpc) is 2.86. The molecule has 1 heterocycles. The van der Waals surface area contributed by atoms with E-state index in [0.717, 1.165) is 0 Å². The number of hydrogen-bond acceptors (Lipinski definition) is 6. The molecule has 0 aliphatic heterocycles. The molecular formula is C14H14Cl2N2O5S. The van der Waals surface area contributed by atoms with Crippen molar-refractivity contribution in [3.8, 4) is 0 Å². The van der Waals surface area contributed by atoms with Gasteiger partial charge in [0.1, 0.15) is 23.7 Å². The molecule has 0 radical (unpaired) electrons. The van der Waals surface area contributed by atoms with Crippen molar-refractivity contribution in [3.63, 3.8) is 0 Å². The molecule has 0 aliphatic carbocycles. The van der Waals surface area contributed by atoms with Crippen LogP contribution in [0.15, 0.2) is 27.6 Å². The minimum atomic E-state index is -3.91. The summed E-state index contributed by atoms with van der Waals surface area (Å²) in [7, 11) is -3.91. The highest BCUT2D eigenvalue weighted by molar-refractivity contribution is 7.89. The number of halogens is 2. The SMILES string of the molecule is Cc1noc(C)c1S(=O)(=O)NCC(=O)OCc1ccc(Cl)c(Cl)c1. The lowest BCUT2D eigenvalue weighted by Gasteiger charge is -2.08. The zero-order valence-corrected chi connectivity index (χ0v) is 15.1. The highest BCUT2D eigenvalue weighted by Crippen LogP contribution is 2.23. The van der Waals surface area contributed by atoms with Gasteiger partial charge in [-0.25, -0.2) is 8.42 Å². The van der Waals surface area contributed by atoms with Gasteiger partial charge in [0.25, 0.3) is 0 Å². The van der Waals surface area contributed by atoms with Gasteiger partial charge in [0.15, 0.2) is 5.76 Å². The molecule has 0 saturated heterocycles.